The summed E-state index contributed by atoms with van der Waals surface area (Å²) in [6.45, 7) is 0. The fourth-order valence-corrected chi connectivity index (χ4v) is 2.45. The number of nitrogens with one attached hydrogen (secondary N) is 1. The number of aromatic carboxylic acids is 1. The lowest BCUT2D eigenvalue weighted by molar-refractivity contribution is 0.0698. The Hall–Kier alpha value is -1.99. The average Bonchev–Trinajstić information content (AvgIpc) is 2.81. The zero-order valence-corrected chi connectivity index (χ0v) is 11.2. The summed E-state index contributed by atoms with van der Waals surface area (Å²) in [5.41, 5.74) is -0.377. The van der Waals surface area contributed by atoms with Crippen LogP contribution in [0.1, 0.15) is 20.7 Å². The minimum Gasteiger partial charge on any atom is -0.478 e. The number of halogens is 3. The van der Waals surface area contributed by atoms with E-state index in [0.717, 1.165) is 11.3 Å². The fourth-order valence-electron chi connectivity index (χ4n) is 1.44. The first-order chi connectivity index (χ1) is 9.40. The molecule has 0 bridgehead atoms. The lowest BCUT2D eigenvalue weighted by atomic mass is 10.2. The summed E-state index contributed by atoms with van der Waals surface area (Å²) in [5.74, 6) is -4.42. The van der Waals surface area contributed by atoms with Gasteiger partial charge < -0.3 is 10.4 Å². The molecule has 8 heteroatoms. The number of carbonyl (C=O) groups is 2. The second kappa shape index (κ2) is 5.56. The Balaban J connectivity index is 2.31. The first-order valence-electron chi connectivity index (χ1n) is 5.17. The molecule has 0 unspecified atom stereocenters. The molecule has 0 aliphatic heterocycles. The second-order valence-corrected chi connectivity index (χ2v) is 4.99. The number of carboxylic acids is 1. The third-order valence-corrected chi connectivity index (χ3v) is 3.52. The summed E-state index contributed by atoms with van der Waals surface area (Å²) in [7, 11) is 0. The van der Waals surface area contributed by atoms with Crippen molar-refractivity contribution in [2.75, 3.05) is 5.32 Å². The van der Waals surface area contributed by atoms with E-state index in [0.29, 0.717) is 12.1 Å². The largest absolute Gasteiger partial charge is 0.478 e. The van der Waals surface area contributed by atoms with Gasteiger partial charge in [-0.05, 0) is 23.6 Å². The minimum atomic E-state index is -1.22. The smallest absolute Gasteiger partial charge is 0.338 e. The van der Waals surface area contributed by atoms with Gasteiger partial charge in [0, 0.05) is 0 Å². The van der Waals surface area contributed by atoms with E-state index >= 15 is 0 Å². The van der Waals surface area contributed by atoms with Crippen LogP contribution < -0.4 is 5.32 Å². The highest BCUT2D eigenvalue weighted by atomic mass is 35.5. The molecule has 0 saturated heterocycles. The molecule has 0 spiro atoms. The van der Waals surface area contributed by atoms with E-state index in [1.165, 1.54) is 11.4 Å². The number of benzene rings is 1. The third-order valence-electron chi connectivity index (χ3n) is 2.38. The van der Waals surface area contributed by atoms with E-state index < -0.39 is 23.5 Å². The van der Waals surface area contributed by atoms with E-state index in [1.807, 2.05) is 0 Å². The zero-order valence-electron chi connectivity index (χ0n) is 9.62. The van der Waals surface area contributed by atoms with Gasteiger partial charge in [-0.3, -0.25) is 4.79 Å². The molecule has 0 saturated carbocycles. The van der Waals surface area contributed by atoms with Gasteiger partial charge in [-0.15, -0.1) is 11.3 Å². The van der Waals surface area contributed by atoms with Crippen LogP contribution in [0.15, 0.2) is 23.6 Å². The van der Waals surface area contributed by atoms with Crippen LogP contribution in [0, 0.1) is 11.6 Å². The standard InChI is InChI=1S/C12H6ClF2NO3S/c13-7-4-9(15)8(14)3-6(7)10(17)16-11-5(12(18)19)1-2-20-11/h1-4H,(H,16,17)(H,18,19). The maximum atomic E-state index is 13.1. The summed E-state index contributed by atoms with van der Waals surface area (Å²) >= 11 is 6.65. The highest BCUT2D eigenvalue weighted by molar-refractivity contribution is 7.14. The normalized spacial score (nSPS) is 10.3. The van der Waals surface area contributed by atoms with Gasteiger partial charge in [-0.25, -0.2) is 13.6 Å². The Bertz CT molecular complexity index is 702. The van der Waals surface area contributed by atoms with Crippen molar-refractivity contribution in [3.8, 4) is 0 Å². The number of anilines is 1. The Morgan fingerprint density at radius 2 is 1.85 bits per heavy atom. The molecule has 20 heavy (non-hydrogen) atoms. The first kappa shape index (κ1) is 14.4. The third kappa shape index (κ3) is 2.78. The minimum absolute atomic E-state index is 0.0864. The summed E-state index contributed by atoms with van der Waals surface area (Å²) in [6, 6.07) is 2.65. The predicted octanol–water partition coefficient (Wildman–Crippen LogP) is 3.63. The molecule has 2 rings (SSSR count). The maximum Gasteiger partial charge on any atom is 0.338 e. The number of rotatable bonds is 3. The van der Waals surface area contributed by atoms with Crippen LogP contribution in [0.25, 0.3) is 0 Å². The molecule has 0 aliphatic carbocycles. The SMILES string of the molecule is O=C(Nc1sccc1C(=O)O)c1cc(F)c(F)cc1Cl. The molecule has 104 valence electrons. The monoisotopic (exact) mass is 317 g/mol. The predicted molar refractivity (Wildman–Crippen MR) is 70.6 cm³/mol. The van der Waals surface area contributed by atoms with Gasteiger partial charge in [0.05, 0.1) is 16.1 Å². The molecule has 1 heterocycles. The molecule has 1 amide bonds. The summed E-state index contributed by atoms with van der Waals surface area (Å²) < 4.78 is 26.0. The van der Waals surface area contributed by atoms with E-state index in [2.05, 4.69) is 5.32 Å². The van der Waals surface area contributed by atoms with Gasteiger partial charge in [-0.1, -0.05) is 11.6 Å². The van der Waals surface area contributed by atoms with Crippen LogP contribution in [-0.2, 0) is 0 Å². The van der Waals surface area contributed by atoms with E-state index in [9.17, 15) is 18.4 Å². The highest BCUT2D eigenvalue weighted by Crippen LogP contribution is 2.26. The summed E-state index contributed by atoms with van der Waals surface area (Å²) in [5, 5.41) is 12.5. The van der Waals surface area contributed by atoms with Gasteiger partial charge in [0.25, 0.3) is 5.91 Å². The fraction of sp³-hybridized carbons (Fsp3) is 0. The van der Waals surface area contributed by atoms with Crippen LogP contribution >= 0.6 is 22.9 Å². The van der Waals surface area contributed by atoms with E-state index in [-0.39, 0.29) is 21.2 Å². The topological polar surface area (TPSA) is 66.4 Å². The molecule has 0 aliphatic rings. The highest BCUT2D eigenvalue weighted by Gasteiger charge is 2.18. The number of hydrogen-bond acceptors (Lipinski definition) is 3. The maximum absolute atomic E-state index is 13.1. The zero-order chi connectivity index (χ0) is 14.9. The van der Waals surface area contributed by atoms with Gasteiger partial charge in [-0.2, -0.15) is 0 Å². The molecular weight excluding hydrogens is 312 g/mol. The Morgan fingerprint density at radius 3 is 2.50 bits per heavy atom. The van der Waals surface area contributed by atoms with Gasteiger partial charge in [0.2, 0.25) is 0 Å². The van der Waals surface area contributed by atoms with Crippen LogP contribution in [0.2, 0.25) is 5.02 Å². The number of hydrogen-bond donors (Lipinski definition) is 2. The molecule has 0 radical (unpaired) electrons. The summed E-state index contributed by atoms with van der Waals surface area (Å²) in [4.78, 5) is 22.8. The first-order valence-corrected chi connectivity index (χ1v) is 6.42. The number of thiophene rings is 1. The van der Waals surface area contributed by atoms with Crippen LogP contribution in [-0.4, -0.2) is 17.0 Å². The van der Waals surface area contributed by atoms with Crippen molar-refractivity contribution in [3.05, 3.63) is 51.4 Å². The summed E-state index contributed by atoms with van der Waals surface area (Å²) in [6.07, 6.45) is 0. The quantitative estimate of drug-likeness (QED) is 0.849. The number of carbonyl (C=O) groups excluding carboxylic acids is 1. The molecule has 1 aromatic heterocycles. The number of carboxylic acid groups (broad SMARTS) is 1. The lowest BCUT2D eigenvalue weighted by Gasteiger charge is -2.06. The Labute approximate surface area is 120 Å². The Morgan fingerprint density at radius 1 is 1.20 bits per heavy atom. The molecule has 1 aromatic carbocycles. The van der Waals surface area contributed by atoms with Gasteiger partial charge >= 0.3 is 5.97 Å². The van der Waals surface area contributed by atoms with Crippen LogP contribution in [0.3, 0.4) is 0 Å². The van der Waals surface area contributed by atoms with Crippen LogP contribution in [0.5, 0.6) is 0 Å². The van der Waals surface area contributed by atoms with E-state index in [4.69, 9.17) is 16.7 Å². The molecule has 4 nitrogen and oxygen atoms in total. The lowest BCUT2D eigenvalue weighted by Crippen LogP contribution is -2.14. The van der Waals surface area contributed by atoms with Crippen LogP contribution in [0.4, 0.5) is 13.8 Å². The van der Waals surface area contributed by atoms with E-state index in [1.54, 1.807) is 0 Å². The molecular formula is C12H6ClF2NO3S. The van der Waals surface area contributed by atoms with Crippen molar-refractivity contribution in [2.45, 2.75) is 0 Å². The average molecular weight is 318 g/mol. The number of amides is 1. The molecule has 0 fully saturated rings. The van der Waals surface area contributed by atoms with Crippen molar-refractivity contribution >= 4 is 39.8 Å². The van der Waals surface area contributed by atoms with Crippen molar-refractivity contribution in [3.63, 3.8) is 0 Å². The van der Waals surface area contributed by atoms with Gasteiger partial charge in [0.15, 0.2) is 11.6 Å². The molecule has 2 aromatic rings. The molecule has 2 N–H and O–H groups in total. The van der Waals surface area contributed by atoms with Gasteiger partial charge in [0.1, 0.15) is 5.00 Å². The second-order valence-electron chi connectivity index (χ2n) is 3.67. The van der Waals surface area contributed by atoms with Crippen molar-refractivity contribution < 1.29 is 23.5 Å². The molecule has 0 atom stereocenters. The van der Waals surface area contributed by atoms with Crippen molar-refractivity contribution in [1.29, 1.82) is 0 Å². The van der Waals surface area contributed by atoms with Crippen molar-refractivity contribution in [1.82, 2.24) is 0 Å². The Kier molecular flexibility index (Phi) is 4.01. The van der Waals surface area contributed by atoms with Crippen molar-refractivity contribution in [2.24, 2.45) is 0 Å².